The Balaban J connectivity index is 0.00000121. The number of nitrogens with zero attached hydrogens (tertiary/aromatic N) is 3. The van der Waals surface area contributed by atoms with Crippen LogP contribution in [0.15, 0.2) is 28.7 Å². The van der Waals surface area contributed by atoms with Gasteiger partial charge in [-0.25, -0.2) is 0 Å². The molecule has 1 unspecified atom stereocenters. The molecule has 0 saturated heterocycles. The number of nitrogens with two attached hydrogens (primary N) is 1. The van der Waals surface area contributed by atoms with Crippen LogP contribution in [0.25, 0.3) is 0 Å². The Morgan fingerprint density at radius 1 is 1.27 bits per heavy atom. The van der Waals surface area contributed by atoms with E-state index in [0.29, 0.717) is 17.9 Å². The SMILES string of the molecule is CN1Cc2ccccc2CC1CNc1nnc(CN)o1.Cl.Cl. The van der Waals surface area contributed by atoms with Crippen LogP contribution in [0.2, 0.25) is 0 Å². The van der Waals surface area contributed by atoms with E-state index >= 15 is 0 Å². The van der Waals surface area contributed by atoms with Gasteiger partial charge in [0.05, 0.1) is 6.54 Å². The molecule has 2 heterocycles. The second-order valence-corrected chi connectivity index (χ2v) is 5.13. The molecule has 1 aromatic heterocycles. The third-order valence-corrected chi connectivity index (χ3v) is 3.75. The predicted octanol–water partition coefficient (Wildman–Crippen LogP) is 1.84. The fourth-order valence-electron chi connectivity index (χ4n) is 2.56. The van der Waals surface area contributed by atoms with Crippen molar-refractivity contribution in [2.75, 3.05) is 18.9 Å². The number of fused-ring (bicyclic) bond motifs is 1. The zero-order valence-corrected chi connectivity index (χ0v) is 14.0. The maximum atomic E-state index is 5.45. The van der Waals surface area contributed by atoms with Gasteiger partial charge >= 0.3 is 6.01 Å². The lowest BCUT2D eigenvalue weighted by atomic mass is 9.94. The maximum Gasteiger partial charge on any atom is 0.315 e. The van der Waals surface area contributed by atoms with Crippen molar-refractivity contribution in [1.29, 1.82) is 0 Å². The molecule has 0 fully saturated rings. The van der Waals surface area contributed by atoms with E-state index in [1.807, 2.05) is 0 Å². The normalized spacial score (nSPS) is 17.1. The maximum absolute atomic E-state index is 5.45. The molecule has 3 N–H and O–H groups in total. The second kappa shape index (κ2) is 8.33. The monoisotopic (exact) mass is 345 g/mol. The minimum Gasteiger partial charge on any atom is -0.407 e. The number of aromatic nitrogens is 2. The highest BCUT2D eigenvalue weighted by molar-refractivity contribution is 5.85. The van der Waals surface area contributed by atoms with E-state index in [1.54, 1.807) is 0 Å². The van der Waals surface area contributed by atoms with E-state index in [4.69, 9.17) is 10.2 Å². The molecule has 8 heteroatoms. The first-order valence-corrected chi connectivity index (χ1v) is 6.79. The first-order valence-electron chi connectivity index (χ1n) is 6.79. The summed E-state index contributed by atoms with van der Waals surface area (Å²) in [5.74, 6) is 0.454. The van der Waals surface area contributed by atoms with E-state index < -0.39 is 0 Å². The molecule has 3 rings (SSSR count). The lowest BCUT2D eigenvalue weighted by Crippen LogP contribution is -2.42. The molecule has 0 saturated carbocycles. The Hall–Kier alpha value is -1.34. The molecule has 22 heavy (non-hydrogen) atoms. The number of likely N-dealkylation sites (N-methyl/N-ethyl adjacent to an activating group) is 1. The van der Waals surface area contributed by atoms with Crippen LogP contribution < -0.4 is 11.1 Å². The molecular formula is C14H21Cl2N5O. The summed E-state index contributed by atoms with van der Waals surface area (Å²) in [6, 6.07) is 9.45. The molecule has 6 nitrogen and oxygen atoms in total. The van der Waals surface area contributed by atoms with Crippen molar-refractivity contribution in [3.8, 4) is 0 Å². The Bertz CT molecular complexity index is 592. The number of hydrogen-bond donors (Lipinski definition) is 2. The number of anilines is 1. The molecule has 1 atom stereocenters. The third kappa shape index (κ3) is 4.10. The van der Waals surface area contributed by atoms with E-state index in [1.165, 1.54) is 11.1 Å². The fraction of sp³-hybridized carbons (Fsp3) is 0.429. The van der Waals surface area contributed by atoms with Gasteiger partial charge < -0.3 is 15.5 Å². The average Bonchev–Trinajstić information content (AvgIpc) is 2.93. The van der Waals surface area contributed by atoms with Crippen molar-refractivity contribution < 1.29 is 4.42 Å². The van der Waals surface area contributed by atoms with Gasteiger partial charge in [-0.15, -0.1) is 29.9 Å². The van der Waals surface area contributed by atoms with E-state index in [2.05, 4.69) is 51.7 Å². The van der Waals surface area contributed by atoms with Crippen molar-refractivity contribution in [2.24, 2.45) is 5.73 Å². The average molecular weight is 346 g/mol. The Labute approximate surface area is 142 Å². The lowest BCUT2D eigenvalue weighted by molar-refractivity contribution is 0.224. The van der Waals surface area contributed by atoms with Crippen LogP contribution in [0.1, 0.15) is 17.0 Å². The summed E-state index contributed by atoms with van der Waals surface area (Å²) < 4.78 is 5.35. The molecule has 1 aromatic carbocycles. The van der Waals surface area contributed by atoms with E-state index in [9.17, 15) is 0 Å². The summed E-state index contributed by atoms with van der Waals surface area (Å²) in [4.78, 5) is 2.34. The largest absolute Gasteiger partial charge is 0.407 e. The summed E-state index contributed by atoms with van der Waals surface area (Å²) in [5.41, 5.74) is 8.28. The van der Waals surface area contributed by atoms with Gasteiger partial charge in [-0.2, -0.15) is 0 Å². The van der Waals surface area contributed by atoms with Crippen LogP contribution >= 0.6 is 24.8 Å². The highest BCUT2D eigenvalue weighted by atomic mass is 35.5. The molecule has 0 radical (unpaired) electrons. The first kappa shape index (κ1) is 18.7. The van der Waals surface area contributed by atoms with E-state index in [-0.39, 0.29) is 31.4 Å². The van der Waals surface area contributed by atoms with Crippen LogP contribution in [-0.4, -0.2) is 34.7 Å². The molecule has 0 spiro atoms. The number of hydrogen-bond acceptors (Lipinski definition) is 6. The highest BCUT2D eigenvalue weighted by Crippen LogP contribution is 2.22. The van der Waals surface area contributed by atoms with Gasteiger partial charge in [0.15, 0.2) is 0 Å². The van der Waals surface area contributed by atoms with Crippen LogP contribution in [0, 0.1) is 0 Å². The zero-order chi connectivity index (χ0) is 13.9. The summed E-state index contributed by atoms with van der Waals surface area (Å²) in [5, 5.41) is 10.9. The number of halogens is 2. The molecule has 1 aliphatic rings. The van der Waals surface area contributed by atoms with Gasteiger partial charge in [0.25, 0.3) is 0 Å². The van der Waals surface area contributed by atoms with Gasteiger partial charge in [-0.1, -0.05) is 29.4 Å². The number of benzene rings is 1. The van der Waals surface area contributed by atoms with Gasteiger partial charge in [0.2, 0.25) is 5.89 Å². The molecule has 122 valence electrons. The van der Waals surface area contributed by atoms with Crippen LogP contribution in [0.3, 0.4) is 0 Å². The Kier molecular flexibility index (Phi) is 7.09. The Morgan fingerprint density at radius 2 is 2.00 bits per heavy atom. The fourth-order valence-corrected chi connectivity index (χ4v) is 2.56. The number of nitrogens with one attached hydrogen (secondary N) is 1. The quantitative estimate of drug-likeness (QED) is 0.879. The van der Waals surface area contributed by atoms with Gasteiger partial charge in [0.1, 0.15) is 0 Å². The number of rotatable bonds is 4. The molecule has 0 aliphatic carbocycles. The molecule has 0 amide bonds. The van der Waals surface area contributed by atoms with Crippen LogP contribution in [-0.2, 0) is 19.5 Å². The molecule has 0 bridgehead atoms. The van der Waals surface area contributed by atoms with Crippen LogP contribution in [0.5, 0.6) is 0 Å². The minimum absolute atomic E-state index is 0. The van der Waals surface area contributed by atoms with Crippen molar-refractivity contribution in [1.82, 2.24) is 15.1 Å². The summed E-state index contributed by atoms with van der Waals surface area (Å²) in [6.07, 6.45) is 1.03. The highest BCUT2D eigenvalue weighted by Gasteiger charge is 2.23. The first-order chi connectivity index (χ1) is 9.76. The van der Waals surface area contributed by atoms with Crippen molar-refractivity contribution in [3.63, 3.8) is 0 Å². The smallest absolute Gasteiger partial charge is 0.315 e. The minimum atomic E-state index is 0. The van der Waals surface area contributed by atoms with Crippen LogP contribution in [0.4, 0.5) is 6.01 Å². The second-order valence-electron chi connectivity index (χ2n) is 5.13. The third-order valence-electron chi connectivity index (χ3n) is 3.75. The van der Waals surface area contributed by atoms with Gasteiger partial charge in [-0.3, -0.25) is 4.90 Å². The molecule has 2 aromatic rings. The van der Waals surface area contributed by atoms with Crippen molar-refractivity contribution in [3.05, 3.63) is 41.3 Å². The molecule has 1 aliphatic heterocycles. The standard InChI is InChI=1S/C14H19N5O.2ClH/c1-19-9-11-5-3-2-4-10(11)6-12(19)8-16-14-18-17-13(7-15)20-14;;/h2-5,12H,6-9,15H2,1H3,(H,16,18);2*1H. The molecular weight excluding hydrogens is 325 g/mol. The van der Waals surface area contributed by atoms with Crippen molar-refractivity contribution in [2.45, 2.75) is 25.6 Å². The van der Waals surface area contributed by atoms with Gasteiger partial charge in [0, 0.05) is 19.1 Å². The topological polar surface area (TPSA) is 80.2 Å². The van der Waals surface area contributed by atoms with Crippen molar-refractivity contribution >= 4 is 30.8 Å². The summed E-state index contributed by atoms with van der Waals surface area (Å²) >= 11 is 0. The lowest BCUT2D eigenvalue weighted by Gasteiger charge is -2.33. The summed E-state index contributed by atoms with van der Waals surface area (Å²) in [7, 11) is 2.14. The Morgan fingerprint density at radius 3 is 2.68 bits per heavy atom. The predicted molar refractivity (Wildman–Crippen MR) is 90.6 cm³/mol. The zero-order valence-electron chi connectivity index (χ0n) is 12.4. The summed E-state index contributed by atoms with van der Waals surface area (Å²) in [6.45, 7) is 2.02. The van der Waals surface area contributed by atoms with E-state index in [0.717, 1.165) is 19.5 Å². The van der Waals surface area contributed by atoms with Gasteiger partial charge in [-0.05, 0) is 24.6 Å².